The first-order valence-electron chi connectivity index (χ1n) is 6.72. The Hall–Kier alpha value is -2.36. The van der Waals surface area contributed by atoms with Crippen molar-refractivity contribution in [1.82, 2.24) is 0 Å². The van der Waals surface area contributed by atoms with E-state index in [1.165, 1.54) is 17.7 Å². The van der Waals surface area contributed by atoms with Crippen LogP contribution in [-0.4, -0.2) is 11.1 Å². The van der Waals surface area contributed by atoms with Crippen molar-refractivity contribution in [3.05, 3.63) is 65.0 Å². The summed E-state index contributed by atoms with van der Waals surface area (Å²) in [5.74, 6) is -1.65. The number of carboxylic acid groups (broad SMARTS) is 1. The van der Waals surface area contributed by atoms with Gasteiger partial charge in [-0.05, 0) is 29.2 Å². The molecule has 0 fully saturated rings. The van der Waals surface area contributed by atoms with E-state index in [-0.39, 0.29) is 12.4 Å². The zero-order valence-electron chi connectivity index (χ0n) is 12.0. The second-order valence-corrected chi connectivity index (χ2v) is 5.10. The molecule has 2 aromatic carbocycles. The van der Waals surface area contributed by atoms with Gasteiger partial charge in [0.25, 0.3) is 0 Å². The van der Waals surface area contributed by atoms with Crippen molar-refractivity contribution in [2.45, 2.75) is 26.4 Å². The van der Waals surface area contributed by atoms with Gasteiger partial charge in [0.05, 0.1) is 0 Å². The van der Waals surface area contributed by atoms with Crippen LogP contribution in [0.5, 0.6) is 5.75 Å². The number of carbonyl (C=O) groups is 1. The molecule has 0 aliphatic rings. The highest BCUT2D eigenvalue weighted by molar-refractivity contribution is 5.91. The number of hydrogen-bond acceptors (Lipinski definition) is 2. The molecule has 4 heteroatoms. The van der Waals surface area contributed by atoms with E-state index in [2.05, 4.69) is 13.8 Å². The van der Waals surface area contributed by atoms with E-state index in [4.69, 9.17) is 9.84 Å². The van der Waals surface area contributed by atoms with Crippen LogP contribution in [0.2, 0.25) is 0 Å². The van der Waals surface area contributed by atoms with Crippen LogP contribution in [0, 0.1) is 5.82 Å². The molecule has 0 aliphatic carbocycles. The van der Waals surface area contributed by atoms with E-state index in [1.807, 2.05) is 24.3 Å². The Morgan fingerprint density at radius 3 is 2.43 bits per heavy atom. The van der Waals surface area contributed by atoms with Crippen molar-refractivity contribution >= 4 is 5.97 Å². The summed E-state index contributed by atoms with van der Waals surface area (Å²) < 4.78 is 19.0. The summed E-state index contributed by atoms with van der Waals surface area (Å²) in [7, 11) is 0. The maximum absolute atomic E-state index is 13.5. The van der Waals surface area contributed by atoms with Gasteiger partial charge in [-0.25, -0.2) is 9.18 Å². The van der Waals surface area contributed by atoms with Crippen LogP contribution >= 0.6 is 0 Å². The predicted molar refractivity (Wildman–Crippen MR) is 78.2 cm³/mol. The smallest absolute Gasteiger partial charge is 0.342 e. The predicted octanol–water partition coefficient (Wildman–Crippen LogP) is 4.23. The molecule has 0 heterocycles. The van der Waals surface area contributed by atoms with Gasteiger partial charge in [0.1, 0.15) is 23.7 Å². The third kappa shape index (κ3) is 3.60. The van der Waals surface area contributed by atoms with Crippen LogP contribution < -0.4 is 4.74 Å². The summed E-state index contributed by atoms with van der Waals surface area (Å²) in [5.41, 5.74) is 1.69. The summed E-state index contributed by atoms with van der Waals surface area (Å²) in [6, 6.07) is 11.9. The van der Waals surface area contributed by atoms with Gasteiger partial charge in [-0.3, -0.25) is 0 Å². The summed E-state index contributed by atoms with van der Waals surface area (Å²) in [6.45, 7) is 4.41. The first kappa shape index (κ1) is 15.0. The molecular formula is C17H17FO3. The van der Waals surface area contributed by atoms with Gasteiger partial charge < -0.3 is 9.84 Å². The van der Waals surface area contributed by atoms with Crippen LogP contribution in [0.25, 0.3) is 0 Å². The summed E-state index contributed by atoms with van der Waals surface area (Å²) >= 11 is 0. The number of carboxylic acids is 1. The number of benzene rings is 2. The molecule has 0 unspecified atom stereocenters. The molecule has 0 saturated heterocycles. The molecule has 0 saturated carbocycles. The third-order valence-corrected chi connectivity index (χ3v) is 3.23. The molecule has 0 atom stereocenters. The maximum Gasteiger partial charge on any atom is 0.342 e. The molecular weight excluding hydrogens is 271 g/mol. The molecule has 2 aromatic rings. The topological polar surface area (TPSA) is 46.5 Å². The normalized spacial score (nSPS) is 10.7. The molecule has 110 valence electrons. The second kappa shape index (κ2) is 6.39. The van der Waals surface area contributed by atoms with E-state index >= 15 is 0 Å². The minimum Gasteiger partial charge on any atom is -0.488 e. The molecule has 21 heavy (non-hydrogen) atoms. The molecule has 2 rings (SSSR count). The van der Waals surface area contributed by atoms with Gasteiger partial charge >= 0.3 is 5.97 Å². The van der Waals surface area contributed by atoms with Gasteiger partial charge in [0.15, 0.2) is 0 Å². The number of hydrogen-bond donors (Lipinski definition) is 1. The molecule has 3 nitrogen and oxygen atoms in total. The molecule has 0 spiro atoms. The molecule has 1 N–H and O–H groups in total. The Bertz CT molecular complexity index is 633. The SMILES string of the molecule is CC(C)c1ccc(COc2cccc(F)c2C(=O)O)cc1. The lowest BCUT2D eigenvalue weighted by molar-refractivity contribution is 0.0686. The Morgan fingerprint density at radius 1 is 1.19 bits per heavy atom. The summed E-state index contributed by atoms with van der Waals surface area (Å²) in [6.07, 6.45) is 0. The van der Waals surface area contributed by atoms with E-state index < -0.39 is 17.3 Å². The van der Waals surface area contributed by atoms with Crippen LogP contribution in [0.3, 0.4) is 0 Å². The van der Waals surface area contributed by atoms with Gasteiger partial charge in [-0.15, -0.1) is 0 Å². The zero-order valence-corrected chi connectivity index (χ0v) is 12.0. The Balaban J connectivity index is 2.13. The van der Waals surface area contributed by atoms with Gasteiger partial charge in [0.2, 0.25) is 0 Å². The average Bonchev–Trinajstić information content (AvgIpc) is 2.45. The maximum atomic E-state index is 13.5. The van der Waals surface area contributed by atoms with Crippen LogP contribution in [0.4, 0.5) is 4.39 Å². The standard InChI is InChI=1S/C17H17FO3/c1-11(2)13-8-6-12(7-9-13)10-21-15-5-3-4-14(18)16(15)17(19)20/h3-9,11H,10H2,1-2H3,(H,19,20). The van der Waals surface area contributed by atoms with Gasteiger partial charge in [0, 0.05) is 0 Å². The lowest BCUT2D eigenvalue weighted by Crippen LogP contribution is -2.06. The summed E-state index contributed by atoms with van der Waals surface area (Å²) in [4.78, 5) is 11.1. The highest BCUT2D eigenvalue weighted by Crippen LogP contribution is 2.23. The Kier molecular flexibility index (Phi) is 4.58. The highest BCUT2D eigenvalue weighted by atomic mass is 19.1. The monoisotopic (exact) mass is 288 g/mol. The number of ether oxygens (including phenoxy) is 1. The van der Waals surface area contributed by atoms with Crippen molar-refractivity contribution < 1.29 is 19.0 Å². The first-order chi connectivity index (χ1) is 9.99. The lowest BCUT2D eigenvalue weighted by Gasteiger charge is -2.11. The third-order valence-electron chi connectivity index (χ3n) is 3.23. The minimum absolute atomic E-state index is 0.0374. The Morgan fingerprint density at radius 2 is 1.86 bits per heavy atom. The quantitative estimate of drug-likeness (QED) is 0.895. The van der Waals surface area contributed by atoms with Crippen molar-refractivity contribution in [2.75, 3.05) is 0 Å². The van der Waals surface area contributed by atoms with E-state index in [0.29, 0.717) is 5.92 Å². The van der Waals surface area contributed by atoms with Crippen LogP contribution in [-0.2, 0) is 6.61 Å². The number of rotatable bonds is 5. The fourth-order valence-corrected chi connectivity index (χ4v) is 1.99. The average molecular weight is 288 g/mol. The van der Waals surface area contributed by atoms with Crippen molar-refractivity contribution in [2.24, 2.45) is 0 Å². The van der Waals surface area contributed by atoms with Gasteiger partial charge in [-0.2, -0.15) is 0 Å². The summed E-state index contributed by atoms with van der Waals surface area (Å²) in [5, 5.41) is 9.02. The van der Waals surface area contributed by atoms with Gasteiger partial charge in [-0.1, -0.05) is 44.2 Å². The first-order valence-corrected chi connectivity index (χ1v) is 6.72. The molecule has 0 amide bonds. The lowest BCUT2D eigenvalue weighted by atomic mass is 10.0. The fourth-order valence-electron chi connectivity index (χ4n) is 1.99. The van der Waals surface area contributed by atoms with Crippen LogP contribution in [0.1, 0.15) is 41.3 Å². The minimum atomic E-state index is -1.33. The Labute approximate surface area is 123 Å². The van der Waals surface area contributed by atoms with Crippen molar-refractivity contribution in [3.8, 4) is 5.75 Å². The van der Waals surface area contributed by atoms with Crippen LogP contribution in [0.15, 0.2) is 42.5 Å². The highest BCUT2D eigenvalue weighted by Gasteiger charge is 2.16. The van der Waals surface area contributed by atoms with E-state index in [9.17, 15) is 9.18 Å². The zero-order chi connectivity index (χ0) is 15.4. The van der Waals surface area contributed by atoms with E-state index in [1.54, 1.807) is 0 Å². The van der Waals surface area contributed by atoms with E-state index in [0.717, 1.165) is 11.6 Å². The van der Waals surface area contributed by atoms with Crippen molar-refractivity contribution in [3.63, 3.8) is 0 Å². The molecule has 0 radical (unpaired) electrons. The molecule has 0 bridgehead atoms. The number of aromatic carboxylic acids is 1. The molecule has 0 aromatic heterocycles. The largest absolute Gasteiger partial charge is 0.488 e. The molecule has 0 aliphatic heterocycles. The van der Waals surface area contributed by atoms with Crippen molar-refractivity contribution in [1.29, 1.82) is 0 Å². The fraction of sp³-hybridized carbons (Fsp3) is 0.235. The number of halogens is 1. The second-order valence-electron chi connectivity index (χ2n) is 5.10.